The molecule has 0 heterocycles. The average Bonchev–Trinajstić information content (AvgIpc) is 2.24. The quantitative estimate of drug-likeness (QED) is 0.502. The van der Waals surface area contributed by atoms with E-state index >= 15 is 0 Å². The van der Waals surface area contributed by atoms with Gasteiger partial charge in [0.25, 0.3) is 0 Å². The predicted octanol–water partition coefficient (Wildman–Crippen LogP) is 2.73. The molecule has 1 aromatic rings. The van der Waals surface area contributed by atoms with E-state index in [-0.39, 0.29) is 0 Å². The van der Waals surface area contributed by atoms with Gasteiger partial charge >= 0.3 is 24.3 Å². The Morgan fingerprint density at radius 1 is 0.682 bits per heavy atom. The molecule has 1 aromatic carbocycles. The standard InChI is InChI=1S/C10H8F8N2O2/c11-7(12,13)9(17,19)21-5-2-1-3-6(4-5)22-10(18,20)8(14,15)16/h1-4H,19-20H2. The van der Waals surface area contributed by atoms with Gasteiger partial charge in [-0.25, -0.2) is 0 Å². The maximum atomic E-state index is 13.1. The highest BCUT2D eigenvalue weighted by molar-refractivity contribution is 5.33. The van der Waals surface area contributed by atoms with Crippen LogP contribution < -0.4 is 20.9 Å². The number of nitrogens with two attached hydrogens (primary N) is 2. The summed E-state index contributed by atoms with van der Waals surface area (Å²) in [7, 11) is 0. The zero-order valence-corrected chi connectivity index (χ0v) is 10.3. The monoisotopic (exact) mass is 340 g/mol. The zero-order valence-electron chi connectivity index (χ0n) is 10.3. The van der Waals surface area contributed by atoms with E-state index < -0.39 is 35.8 Å². The van der Waals surface area contributed by atoms with Crippen LogP contribution in [0.3, 0.4) is 0 Å². The second-order valence-corrected chi connectivity index (χ2v) is 3.96. The summed E-state index contributed by atoms with van der Waals surface area (Å²) in [5, 5.41) is 0. The Morgan fingerprint density at radius 2 is 1.00 bits per heavy atom. The minimum absolute atomic E-state index is 0.347. The van der Waals surface area contributed by atoms with Gasteiger partial charge < -0.3 is 9.47 Å². The van der Waals surface area contributed by atoms with Crippen LogP contribution >= 0.6 is 0 Å². The van der Waals surface area contributed by atoms with Crippen LogP contribution in [-0.4, -0.2) is 24.3 Å². The summed E-state index contributed by atoms with van der Waals surface area (Å²) in [6.45, 7) is 0. The molecule has 2 atom stereocenters. The lowest BCUT2D eigenvalue weighted by molar-refractivity contribution is -0.301. The molecule has 1 rings (SSSR count). The van der Waals surface area contributed by atoms with E-state index in [1.54, 1.807) is 0 Å². The van der Waals surface area contributed by atoms with Crippen molar-refractivity contribution in [1.82, 2.24) is 0 Å². The summed E-state index contributed by atoms with van der Waals surface area (Å²) in [5.41, 5.74) is 8.48. The van der Waals surface area contributed by atoms with Gasteiger partial charge in [-0.1, -0.05) is 6.07 Å². The first-order valence-electron chi connectivity index (χ1n) is 5.23. The van der Waals surface area contributed by atoms with Crippen molar-refractivity contribution >= 4 is 0 Å². The van der Waals surface area contributed by atoms with Crippen LogP contribution in [0.5, 0.6) is 11.5 Å². The normalized spacial score (nSPS) is 18.3. The zero-order chi connectivity index (χ0) is 17.4. The van der Waals surface area contributed by atoms with E-state index in [9.17, 15) is 35.1 Å². The smallest absolute Gasteiger partial charge is 0.439 e. The first-order chi connectivity index (χ1) is 9.66. The summed E-state index contributed by atoms with van der Waals surface area (Å²) in [6, 6.07) is 2.61. The van der Waals surface area contributed by atoms with Crippen LogP contribution in [0.4, 0.5) is 35.1 Å². The fraction of sp³-hybridized carbons (Fsp3) is 0.400. The Hall–Kier alpha value is -1.82. The number of hydrogen-bond donors (Lipinski definition) is 2. The van der Waals surface area contributed by atoms with Crippen molar-refractivity contribution in [2.24, 2.45) is 11.5 Å². The van der Waals surface area contributed by atoms with Crippen molar-refractivity contribution < 1.29 is 44.6 Å². The minimum Gasteiger partial charge on any atom is -0.439 e. The molecule has 126 valence electrons. The SMILES string of the molecule is NC(F)(Oc1cccc(OC(N)(F)C(F)(F)F)c1)C(F)(F)F. The molecule has 0 aromatic heterocycles. The molecule has 0 amide bonds. The number of benzene rings is 1. The molecule has 2 unspecified atom stereocenters. The van der Waals surface area contributed by atoms with Crippen molar-refractivity contribution in [3.63, 3.8) is 0 Å². The van der Waals surface area contributed by atoms with E-state index in [4.69, 9.17) is 0 Å². The van der Waals surface area contributed by atoms with E-state index in [0.717, 1.165) is 18.2 Å². The molecular weight excluding hydrogens is 332 g/mol. The Balaban J connectivity index is 2.97. The highest BCUT2D eigenvalue weighted by atomic mass is 19.4. The molecule has 0 spiro atoms. The molecule has 12 heteroatoms. The van der Waals surface area contributed by atoms with Gasteiger partial charge in [-0.15, -0.1) is 0 Å². The minimum atomic E-state index is -5.62. The van der Waals surface area contributed by atoms with Crippen molar-refractivity contribution in [2.45, 2.75) is 24.3 Å². The molecule has 0 aliphatic carbocycles. The number of alkyl halides is 8. The fourth-order valence-corrected chi connectivity index (χ4v) is 1.06. The third kappa shape index (κ3) is 4.10. The summed E-state index contributed by atoms with van der Waals surface area (Å²) in [5.74, 6) is -11.1. The summed E-state index contributed by atoms with van der Waals surface area (Å²) < 4.78 is 107. The molecule has 0 saturated heterocycles. The number of rotatable bonds is 4. The average molecular weight is 340 g/mol. The van der Waals surface area contributed by atoms with E-state index in [2.05, 4.69) is 20.9 Å². The largest absolute Gasteiger partial charge is 0.477 e. The van der Waals surface area contributed by atoms with Crippen LogP contribution in [0.1, 0.15) is 0 Å². The van der Waals surface area contributed by atoms with Crippen molar-refractivity contribution in [1.29, 1.82) is 0 Å². The van der Waals surface area contributed by atoms with Gasteiger partial charge in [-0.05, 0) is 12.1 Å². The molecule has 0 fully saturated rings. The van der Waals surface area contributed by atoms with Crippen molar-refractivity contribution in [3.8, 4) is 11.5 Å². The lowest BCUT2D eigenvalue weighted by Crippen LogP contribution is -2.54. The number of ether oxygens (including phenoxy) is 2. The van der Waals surface area contributed by atoms with Gasteiger partial charge in [0, 0.05) is 6.07 Å². The molecule has 0 aliphatic rings. The molecule has 4 nitrogen and oxygen atoms in total. The summed E-state index contributed by atoms with van der Waals surface area (Å²) in [4.78, 5) is 0. The lowest BCUT2D eigenvalue weighted by atomic mass is 10.3. The first kappa shape index (κ1) is 18.2. The third-order valence-electron chi connectivity index (χ3n) is 2.11. The molecular formula is C10H8F8N2O2. The van der Waals surface area contributed by atoms with Gasteiger partial charge in [-0.2, -0.15) is 35.1 Å². The van der Waals surface area contributed by atoms with Gasteiger partial charge in [0.15, 0.2) is 0 Å². The fourth-order valence-electron chi connectivity index (χ4n) is 1.06. The summed E-state index contributed by atoms with van der Waals surface area (Å²) >= 11 is 0. The van der Waals surface area contributed by atoms with E-state index in [1.807, 2.05) is 0 Å². The highest BCUT2D eigenvalue weighted by Gasteiger charge is 2.57. The molecule has 22 heavy (non-hydrogen) atoms. The molecule has 0 saturated carbocycles. The second kappa shape index (κ2) is 5.43. The number of halogens is 8. The second-order valence-electron chi connectivity index (χ2n) is 3.96. The van der Waals surface area contributed by atoms with Gasteiger partial charge in [-0.3, -0.25) is 11.5 Å². The van der Waals surface area contributed by atoms with Crippen LogP contribution in [0, 0.1) is 0 Å². The highest BCUT2D eigenvalue weighted by Crippen LogP contribution is 2.35. The van der Waals surface area contributed by atoms with Crippen molar-refractivity contribution in [2.75, 3.05) is 0 Å². The maximum absolute atomic E-state index is 13.1. The Morgan fingerprint density at radius 3 is 1.27 bits per heavy atom. The van der Waals surface area contributed by atoms with Gasteiger partial charge in [0.1, 0.15) is 11.5 Å². The van der Waals surface area contributed by atoms with Crippen LogP contribution in [0.15, 0.2) is 24.3 Å². The van der Waals surface area contributed by atoms with Crippen molar-refractivity contribution in [3.05, 3.63) is 24.3 Å². The lowest BCUT2D eigenvalue weighted by Gasteiger charge is -2.25. The number of hydrogen-bond acceptors (Lipinski definition) is 4. The Kier molecular flexibility index (Phi) is 4.50. The Labute approximate surface area is 117 Å². The van der Waals surface area contributed by atoms with E-state index in [1.165, 1.54) is 0 Å². The summed E-state index contributed by atoms with van der Waals surface area (Å²) in [6.07, 6.45) is -11.2. The van der Waals surface area contributed by atoms with Crippen LogP contribution in [-0.2, 0) is 0 Å². The van der Waals surface area contributed by atoms with Gasteiger partial charge in [0.05, 0.1) is 0 Å². The van der Waals surface area contributed by atoms with Gasteiger partial charge in [0.2, 0.25) is 0 Å². The van der Waals surface area contributed by atoms with Crippen LogP contribution in [0.2, 0.25) is 0 Å². The molecule has 4 N–H and O–H groups in total. The van der Waals surface area contributed by atoms with E-state index in [0.29, 0.717) is 6.07 Å². The molecule has 0 bridgehead atoms. The molecule has 0 aliphatic heterocycles. The third-order valence-corrected chi connectivity index (χ3v) is 2.11. The maximum Gasteiger partial charge on any atom is 0.477 e. The molecule has 0 radical (unpaired) electrons. The Bertz CT molecular complexity index is 483. The first-order valence-corrected chi connectivity index (χ1v) is 5.23. The predicted molar refractivity (Wildman–Crippen MR) is 55.9 cm³/mol. The topological polar surface area (TPSA) is 70.5 Å². The van der Waals surface area contributed by atoms with Crippen LogP contribution in [0.25, 0.3) is 0 Å².